The van der Waals surface area contributed by atoms with Gasteiger partial charge in [-0.1, -0.05) is 35.5 Å². The first-order valence-corrected chi connectivity index (χ1v) is 14.6. The third kappa shape index (κ3) is 4.60. The van der Waals surface area contributed by atoms with Crippen LogP contribution in [-0.4, -0.2) is 64.2 Å². The molecule has 1 aliphatic heterocycles. The molecular formula is C34H34N6O3. The first-order chi connectivity index (χ1) is 20.8. The molecule has 0 spiro atoms. The van der Waals surface area contributed by atoms with Crippen LogP contribution < -0.4 is 10.1 Å². The van der Waals surface area contributed by atoms with Crippen molar-refractivity contribution in [3.8, 4) is 28.1 Å². The van der Waals surface area contributed by atoms with Crippen LogP contribution in [-0.2, 0) is 0 Å². The normalized spacial score (nSPS) is 14.6. The number of rotatable bonds is 5. The quantitative estimate of drug-likeness (QED) is 0.247. The highest BCUT2D eigenvalue weighted by Crippen LogP contribution is 2.42. The Morgan fingerprint density at radius 2 is 1.77 bits per heavy atom. The summed E-state index contributed by atoms with van der Waals surface area (Å²) in [7, 11) is 3.79. The number of methoxy groups -OCH3 is 1. The summed E-state index contributed by atoms with van der Waals surface area (Å²) in [5.41, 5.74) is 6.68. The third-order valence-corrected chi connectivity index (χ3v) is 8.66. The highest BCUT2D eigenvalue weighted by atomic mass is 16.5. The molecule has 0 aliphatic carbocycles. The number of nitrogens with zero attached hydrogens (tertiary/aromatic N) is 4. The van der Waals surface area contributed by atoms with E-state index in [1.807, 2.05) is 57.2 Å². The molecule has 3 aromatic heterocycles. The first kappa shape index (κ1) is 27.1. The van der Waals surface area contributed by atoms with E-state index in [-0.39, 0.29) is 11.9 Å². The maximum absolute atomic E-state index is 13.5. The minimum Gasteiger partial charge on any atom is -0.496 e. The predicted molar refractivity (Wildman–Crippen MR) is 169 cm³/mol. The van der Waals surface area contributed by atoms with Crippen molar-refractivity contribution in [3.63, 3.8) is 0 Å². The molecule has 1 aliphatic rings. The van der Waals surface area contributed by atoms with Gasteiger partial charge >= 0.3 is 0 Å². The third-order valence-electron chi connectivity index (χ3n) is 8.66. The highest BCUT2D eigenvalue weighted by Gasteiger charge is 2.24. The van der Waals surface area contributed by atoms with E-state index >= 15 is 0 Å². The average molecular weight is 575 g/mol. The number of amides is 1. The summed E-state index contributed by atoms with van der Waals surface area (Å²) in [4.78, 5) is 29.1. The number of hydrogen-bond donors (Lipinski definition) is 2. The van der Waals surface area contributed by atoms with Crippen molar-refractivity contribution >= 4 is 38.6 Å². The lowest BCUT2D eigenvalue weighted by molar-refractivity contribution is 0.0918. The van der Waals surface area contributed by atoms with Crippen LogP contribution in [0.3, 0.4) is 0 Å². The molecule has 4 heterocycles. The standard InChI is InChI=1S/C34H34N6O3/c1-18-30(19(2)43-39-18)27-16-28-26(17-29(27)42-5)31-32(35-20(3)36-33(31)38-28)24-10-11-25(23-9-7-6-8-22(23)24)34(41)37-21-12-14-40(4)15-13-21/h6-11,16-17,21H,12-15H2,1-5H3,(H,37,41)(H,35,36,38). The Labute approximate surface area is 249 Å². The predicted octanol–water partition coefficient (Wildman–Crippen LogP) is 6.34. The molecule has 0 bridgehead atoms. The fraction of sp³-hybridized carbons (Fsp3) is 0.294. The smallest absolute Gasteiger partial charge is 0.252 e. The Balaban J connectivity index is 1.39. The van der Waals surface area contributed by atoms with Crippen LogP contribution in [0, 0.1) is 20.8 Å². The van der Waals surface area contributed by atoms with E-state index in [0.29, 0.717) is 17.1 Å². The molecule has 1 fully saturated rings. The van der Waals surface area contributed by atoms with Crippen LogP contribution in [0.1, 0.15) is 40.5 Å². The van der Waals surface area contributed by atoms with Gasteiger partial charge in [-0.3, -0.25) is 4.79 Å². The summed E-state index contributed by atoms with van der Waals surface area (Å²) in [5, 5.41) is 11.1. The Kier molecular flexibility index (Phi) is 6.62. The van der Waals surface area contributed by atoms with Gasteiger partial charge in [0.15, 0.2) is 0 Å². The number of carbonyl (C=O) groups excluding carboxylic acids is 1. The maximum Gasteiger partial charge on any atom is 0.252 e. The minimum absolute atomic E-state index is 0.0370. The molecule has 0 radical (unpaired) electrons. The number of carbonyl (C=O) groups is 1. The molecule has 0 atom stereocenters. The molecule has 3 aromatic carbocycles. The Bertz CT molecular complexity index is 2010. The Morgan fingerprint density at radius 3 is 2.49 bits per heavy atom. The Hall–Kier alpha value is -4.76. The summed E-state index contributed by atoms with van der Waals surface area (Å²) in [6, 6.07) is 16.3. The van der Waals surface area contributed by atoms with E-state index in [9.17, 15) is 4.79 Å². The fourth-order valence-electron chi connectivity index (χ4n) is 6.48. The van der Waals surface area contributed by atoms with E-state index in [4.69, 9.17) is 19.2 Å². The van der Waals surface area contributed by atoms with Crippen LogP contribution in [0.15, 0.2) is 53.1 Å². The highest BCUT2D eigenvalue weighted by molar-refractivity contribution is 6.17. The van der Waals surface area contributed by atoms with E-state index in [1.54, 1.807) is 7.11 Å². The SMILES string of the molecule is COc1cc2c(cc1-c1c(C)noc1C)[nH]c1nc(C)nc(-c3ccc(C(=O)NC4CCN(C)CC4)c4ccccc34)c12. The molecule has 0 saturated carbocycles. The number of aryl methyl sites for hydroxylation is 3. The van der Waals surface area contributed by atoms with Crippen LogP contribution in [0.25, 0.3) is 55.1 Å². The van der Waals surface area contributed by atoms with Crippen molar-refractivity contribution in [2.75, 3.05) is 27.2 Å². The van der Waals surface area contributed by atoms with Crippen molar-refractivity contribution in [3.05, 3.63) is 71.4 Å². The van der Waals surface area contributed by atoms with E-state index in [2.05, 4.69) is 39.5 Å². The number of piperidine rings is 1. The molecule has 7 rings (SSSR count). The zero-order chi connectivity index (χ0) is 29.8. The monoisotopic (exact) mass is 574 g/mol. The molecule has 218 valence electrons. The van der Waals surface area contributed by atoms with Crippen molar-refractivity contribution in [1.82, 2.24) is 30.3 Å². The summed E-state index contributed by atoms with van der Waals surface area (Å²) >= 11 is 0. The van der Waals surface area contributed by atoms with Crippen LogP contribution >= 0.6 is 0 Å². The van der Waals surface area contributed by atoms with Gasteiger partial charge in [0, 0.05) is 33.6 Å². The van der Waals surface area contributed by atoms with E-state index in [1.165, 1.54) is 0 Å². The fourth-order valence-corrected chi connectivity index (χ4v) is 6.48. The summed E-state index contributed by atoms with van der Waals surface area (Å²) in [6.07, 6.45) is 1.91. The number of ether oxygens (including phenoxy) is 1. The molecule has 0 unspecified atom stereocenters. The van der Waals surface area contributed by atoms with E-state index < -0.39 is 0 Å². The van der Waals surface area contributed by atoms with E-state index in [0.717, 1.165) is 92.5 Å². The molecule has 9 nitrogen and oxygen atoms in total. The second-order valence-electron chi connectivity index (χ2n) is 11.5. The largest absolute Gasteiger partial charge is 0.496 e. The number of aromatic nitrogens is 4. The lowest BCUT2D eigenvalue weighted by atomic mass is 9.94. The van der Waals surface area contributed by atoms with Gasteiger partial charge < -0.3 is 24.5 Å². The lowest BCUT2D eigenvalue weighted by Gasteiger charge is -2.29. The van der Waals surface area contributed by atoms with Gasteiger partial charge in [0.25, 0.3) is 5.91 Å². The zero-order valence-electron chi connectivity index (χ0n) is 25.0. The van der Waals surface area contributed by atoms with Gasteiger partial charge in [0.05, 0.1) is 29.4 Å². The second kappa shape index (κ2) is 10.5. The number of benzene rings is 3. The topological polar surface area (TPSA) is 109 Å². The summed E-state index contributed by atoms with van der Waals surface area (Å²) < 4.78 is 11.3. The Morgan fingerprint density at radius 1 is 1.00 bits per heavy atom. The van der Waals surface area contributed by atoms with Crippen molar-refractivity contribution in [2.45, 2.75) is 39.7 Å². The number of aromatic amines is 1. The molecule has 2 N–H and O–H groups in total. The number of hydrogen-bond acceptors (Lipinski definition) is 7. The zero-order valence-corrected chi connectivity index (χ0v) is 25.0. The number of likely N-dealkylation sites (tertiary alicyclic amines) is 1. The van der Waals surface area contributed by atoms with Crippen molar-refractivity contribution < 1.29 is 14.1 Å². The van der Waals surface area contributed by atoms with Crippen LogP contribution in [0.4, 0.5) is 0 Å². The van der Waals surface area contributed by atoms with Crippen molar-refractivity contribution in [1.29, 1.82) is 0 Å². The van der Waals surface area contributed by atoms with Crippen molar-refractivity contribution in [2.24, 2.45) is 0 Å². The van der Waals surface area contributed by atoms with Gasteiger partial charge in [-0.15, -0.1) is 0 Å². The number of nitrogens with one attached hydrogen (secondary N) is 2. The summed E-state index contributed by atoms with van der Waals surface area (Å²) in [5.74, 6) is 2.05. The van der Waals surface area contributed by atoms with Gasteiger partial charge in [-0.05, 0) is 82.7 Å². The maximum atomic E-state index is 13.5. The number of H-pyrrole nitrogens is 1. The van der Waals surface area contributed by atoms with Gasteiger partial charge in [0.2, 0.25) is 0 Å². The molecule has 43 heavy (non-hydrogen) atoms. The van der Waals surface area contributed by atoms with Gasteiger partial charge in [0.1, 0.15) is 23.0 Å². The molecule has 6 aromatic rings. The average Bonchev–Trinajstić information content (AvgIpc) is 3.53. The van der Waals surface area contributed by atoms with Gasteiger partial charge in [-0.25, -0.2) is 9.97 Å². The lowest BCUT2D eigenvalue weighted by Crippen LogP contribution is -2.43. The minimum atomic E-state index is -0.0370. The van der Waals surface area contributed by atoms with Gasteiger partial charge in [-0.2, -0.15) is 0 Å². The summed E-state index contributed by atoms with van der Waals surface area (Å²) in [6.45, 7) is 7.71. The van der Waals surface area contributed by atoms with Crippen LogP contribution in [0.2, 0.25) is 0 Å². The van der Waals surface area contributed by atoms with Crippen LogP contribution in [0.5, 0.6) is 5.75 Å². The first-order valence-electron chi connectivity index (χ1n) is 14.6. The second-order valence-corrected chi connectivity index (χ2v) is 11.5. The molecule has 1 saturated heterocycles. The molecule has 9 heteroatoms. The molecule has 1 amide bonds. The molecular weight excluding hydrogens is 540 g/mol. The number of fused-ring (bicyclic) bond motifs is 4.